The number of fused-ring (bicyclic) bond motifs is 3. The molecule has 1 aromatic carbocycles. The minimum Gasteiger partial charge on any atom is -0.494 e. The van der Waals surface area contributed by atoms with E-state index in [0.29, 0.717) is 35.7 Å². The van der Waals surface area contributed by atoms with Gasteiger partial charge in [0.15, 0.2) is 0 Å². The van der Waals surface area contributed by atoms with Crippen molar-refractivity contribution in [3.63, 3.8) is 0 Å². The summed E-state index contributed by atoms with van der Waals surface area (Å²) in [4.78, 5) is 23.9. The molecule has 7 nitrogen and oxygen atoms in total. The highest BCUT2D eigenvalue weighted by atomic mass is 32.1. The number of aromatic nitrogens is 3. The quantitative estimate of drug-likeness (QED) is 0.323. The minimum atomic E-state index is -0.169. The molecule has 0 bridgehead atoms. The van der Waals surface area contributed by atoms with Gasteiger partial charge in [-0.25, -0.2) is 9.97 Å². The van der Waals surface area contributed by atoms with Crippen LogP contribution in [0.15, 0.2) is 40.2 Å². The average molecular weight is 465 g/mol. The zero-order valence-corrected chi connectivity index (χ0v) is 20.2. The van der Waals surface area contributed by atoms with E-state index in [9.17, 15) is 4.79 Å². The molecule has 0 amide bonds. The molecule has 0 spiro atoms. The number of unbranched alkanes of at least 4 members (excludes halogenated alkanes) is 1. The lowest BCUT2D eigenvalue weighted by atomic mass is 10.1. The molecule has 0 saturated heterocycles. The summed E-state index contributed by atoms with van der Waals surface area (Å²) in [6, 6.07) is 9.62. The van der Waals surface area contributed by atoms with E-state index in [2.05, 4.69) is 17.0 Å². The fourth-order valence-electron chi connectivity index (χ4n) is 3.76. The summed E-state index contributed by atoms with van der Waals surface area (Å²) in [7, 11) is 1.67. The van der Waals surface area contributed by atoms with Crippen LogP contribution in [0.3, 0.4) is 0 Å². The van der Waals surface area contributed by atoms with Crippen LogP contribution in [-0.2, 0) is 17.8 Å². The fourth-order valence-corrected chi connectivity index (χ4v) is 4.89. The molecule has 0 aliphatic heterocycles. The maximum absolute atomic E-state index is 13.5. The summed E-state index contributed by atoms with van der Waals surface area (Å²) in [6.45, 7) is 7.07. The second kappa shape index (κ2) is 10.2. The molecule has 172 valence electrons. The largest absolute Gasteiger partial charge is 0.494 e. The third kappa shape index (κ3) is 4.82. The summed E-state index contributed by atoms with van der Waals surface area (Å²) in [5, 5.41) is 5.44. The number of pyridine rings is 1. The molecule has 0 atom stereocenters. The van der Waals surface area contributed by atoms with Gasteiger partial charge in [-0.15, -0.1) is 11.3 Å². The van der Waals surface area contributed by atoms with Gasteiger partial charge in [0.05, 0.1) is 24.9 Å². The van der Waals surface area contributed by atoms with Crippen LogP contribution in [0.1, 0.15) is 49.3 Å². The van der Waals surface area contributed by atoms with Crippen molar-refractivity contribution in [2.45, 2.75) is 46.6 Å². The van der Waals surface area contributed by atoms with Gasteiger partial charge in [-0.3, -0.25) is 4.79 Å². The lowest BCUT2D eigenvalue weighted by Gasteiger charge is -2.08. The Morgan fingerprint density at radius 2 is 1.97 bits per heavy atom. The monoisotopic (exact) mass is 464 g/mol. The van der Waals surface area contributed by atoms with Crippen molar-refractivity contribution in [2.24, 2.45) is 5.10 Å². The molecule has 4 aromatic rings. The summed E-state index contributed by atoms with van der Waals surface area (Å²) >= 11 is 1.37. The lowest BCUT2D eigenvalue weighted by Crippen LogP contribution is -2.21. The number of rotatable bonds is 9. The van der Waals surface area contributed by atoms with Crippen LogP contribution >= 0.6 is 11.3 Å². The zero-order chi connectivity index (χ0) is 23.4. The molecule has 0 aliphatic carbocycles. The first-order valence-electron chi connectivity index (χ1n) is 11.2. The number of methoxy groups -OCH3 is 1. The van der Waals surface area contributed by atoms with Crippen molar-refractivity contribution < 1.29 is 9.47 Å². The molecule has 0 saturated carbocycles. The Morgan fingerprint density at radius 3 is 2.67 bits per heavy atom. The highest BCUT2D eigenvalue weighted by Gasteiger charge is 2.19. The molecule has 33 heavy (non-hydrogen) atoms. The summed E-state index contributed by atoms with van der Waals surface area (Å²) in [6.07, 6.45) is 4.27. The first-order valence-corrected chi connectivity index (χ1v) is 12.0. The Balaban J connectivity index is 1.86. The third-order valence-corrected chi connectivity index (χ3v) is 6.35. The van der Waals surface area contributed by atoms with Gasteiger partial charge in [0.1, 0.15) is 21.1 Å². The Hall–Kier alpha value is -3.10. The van der Waals surface area contributed by atoms with Crippen molar-refractivity contribution in [2.75, 3.05) is 13.7 Å². The first-order chi connectivity index (χ1) is 16.0. The number of hydrogen-bond acceptors (Lipinski definition) is 7. The molecule has 0 fully saturated rings. The van der Waals surface area contributed by atoms with Gasteiger partial charge in [-0.1, -0.05) is 13.3 Å². The van der Waals surface area contributed by atoms with Crippen LogP contribution in [0.25, 0.3) is 20.4 Å². The first kappa shape index (κ1) is 23.1. The van der Waals surface area contributed by atoms with Gasteiger partial charge < -0.3 is 9.47 Å². The van der Waals surface area contributed by atoms with E-state index in [1.807, 2.05) is 44.2 Å². The summed E-state index contributed by atoms with van der Waals surface area (Å²) in [5.74, 6) is 1.46. The van der Waals surface area contributed by atoms with E-state index in [1.54, 1.807) is 13.3 Å². The van der Waals surface area contributed by atoms with E-state index < -0.39 is 0 Å². The van der Waals surface area contributed by atoms with E-state index in [4.69, 9.17) is 14.5 Å². The van der Waals surface area contributed by atoms with Gasteiger partial charge in [0.25, 0.3) is 5.56 Å². The Bertz CT molecular complexity index is 1360. The van der Waals surface area contributed by atoms with E-state index in [-0.39, 0.29) is 5.56 Å². The van der Waals surface area contributed by atoms with Gasteiger partial charge in [-0.05, 0) is 61.7 Å². The zero-order valence-electron chi connectivity index (χ0n) is 19.4. The van der Waals surface area contributed by atoms with Crippen molar-refractivity contribution in [3.8, 4) is 5.75 Å². The molecule has 0 radical (unpaired) electrons. The standard InChI is InChI=1S/C25H28N4O3S/c1-5-7-8-20-28-22-21-18(15-31-4)13-16(3)27-24(21)33-23(22)25(30)29(20)26-14-17-9-11-19(12-10-17)32-6-2/h9-14H,5-8,15H2,1-4H3/b26-14+. The van der Waals surface area contributed by atoms with Crippen LogP contribution in [0, 0.1) is 6.92 Å². The van der Waals surface area contributed by atoms with Crippen LogP contribution in [0.4, 0.5) is 0 Å². The third-order valence-electron chi connectivity index (χ3n) is 5.29. The Kier molecular flexibility index (Phi) is 7.15. The minimum absolute atomic E-state index is 0.169. The second-order valence-electron chi connectivity index (χ2n) is 7.81. The van der Waals surface area contributed by atoms with Crippen molar-refractivity contribution >= 4 is 38.0 Å². The normalized spacial score (nSPS) is 11.8. The van der Waals surface area contributed by atoms with Gasteiger partial charge >= 0.3 is 0 Å². The van der Waals surface area contributed by atoms with Crippen LogP contribution in [0.2, 0.25) is 0 Å². The molecular formula is C25H28N4O3S. The fraction of sp³-hybridized carbons (Fsp3) is 0.360. The average Bonchev–Trinajstić information content (AvgIpc) is 3.17. The van der Waals surface area contributed by atoms with Crippen LogP contribution in [0.5, 0.6) is 5.75 Å². The molecular weight excluding hydrogens is 436 g/mol. The summed E-state index contributed by atoms with van der Waals surface area (Å²) in [5.41, 5.74) is 3.29. The number of benzene rings is 1. The Labute approximate surface area is 196 Å². The van der Waals surface area contributed by atoms with Crippen molar-refractivity contribution in [1.82, 2.24) is 14.6 Å². The van der Waals surface area contributed by atoms with Gasteiger partial charge in [0.2, 0.25) is 0 Å². The highest BCUT2D eigenvalue weighted by Crippen LogP contribution is 2.33. The van der Waals surface area contributed by atoms with Crippen molar-refractivity contribution in [1.29, 1.82) is 0 Å². The highest BCUT2D eigenvalue weighted by molar-refractivity contribution is 7.25. The predicted octanol–water partition coefficient (Wildman–Crippen LogP) is 5.08. The smallest absolute Gasteiger partial charge is 0.292 e. The van der Waals surface area contributed by atoms with Gasteiger partial charge in [0, 0.05) is 24.6 Å². The number of thiophene rings is 1. The molecule has 4 rings (SSSR count). The molecule has 0 N–H and O–H groups in total. The maximum Gasteiger partial charge on any atom is 0.292 e. The topological polar surface area (TPSA) is 78.6 Å². The van der Waals surface area contributed by atoms with E-state index in [0.717, 1.165) is 45.6 Å². The number of nitrogens with zero attached hydrogens (tertiary/aromatic N) is 4. The number of hydrogen-bond donors (Lipinski definition) is 0. The predicted molar refractivity (Wildman–Crippen MR) is 134 cm³/mol. The number of aryl methyl sites for hydroxylation is 2. The molecule has 3 aromatic heterocycles. The van der Waals surface area contributed by atoms with Crippen LogP contribution in [-0.4, -0.2) is 34.6 Å². The molecule has 3 heterocycles. The van der Waals surface area contributed by atoms with Crippen molar-refractivity contribution in [3.05, 3.63) is 63.3 Å². The second-order valence-corrected chi connectivity index (χ2v) is 8.81. The summed E-state index contributed by atoms with van der Waals surface area (Å²) < 4.78 is 12.9. The van der Waals surface area contributed by atoms with Gasteiger partial charge in [-0.2, -0.15) is 9.78 Å². The SMILES string of the molecule is CCCCc1nc2c(sc3nc(C)cc(COC)c32)c(=O)n1/N=C/c1ccc(OCC)cc1. The maximum atomic E-state index is 13.5. The molecule has 0 aliphatic rings. The molecule has 0 unspecified atom stereocenters. The number of ether oxygens (including phenoxy) is 2. The van der Waals surface area contributed by atoms with E-state index >= 15 is 0 Å². The van der Waals surface area contributed by atoms with Crippen LogP contribution < -0.4 is 10.3 Å². The van der Waals surface area contributed by atoms with E-state index in [1.165, 1.54) is 16.0 Å². The lowest BCUT2D eigenvalue weighted by molar-refractivity contribution is 0.186. The Morgan fingerprint density at radius 1 is 1.18 bits per heavy atom. The molecule has 8 heteroatoms.